The third-order valence-electron chi connectivity index (χ3n) is 6.58. The first-order chi connectivity index (χ1) is 17.7. The highest BCUT2D eigenvalue weighted by Crippen LogP contribution is 2.24. The van der Waals surface area contributed by atoms with E-state index in [4.69, 9.17) is 9.94 Å². The van der Waals surface area contributed by atoms with Crippen molar-refractivity contribution in [3.8, 4) is 5.75 Å². The molecule has 194 valence electrons. The summed E-state index contributed by atoms with van der Waals surface area (Å²) in [6.07, 6.45) is -0.000732. The molecule has 4 rings (SSSR count). The summed E-state index contributed by atoms with van der Waals surface area (Å²) >= 11 is 0. The van der Waals surface area contributed by atoms with Crippen molar-refractivity contribution in [1.29, 1.82) is 0 Å². The zero-order chi connectivity index (χ0) is 26.5. The number of aryl methyl sites for hydroxylation is 1. The van der Waals surface area contributed by atoms with E-state index < -0.39 is 11.9 Å². The van der Waals surface area contributed by atoms with Gasteiger partial charge in [0.05, 0.1) is 11.6 Å². The number of hydrogen-bond donors (Lipinski definition) is 3. The van der Waals surface area contributed by atoms with Gasteiger partial charge in [0, 0.05) is 53.6 Å². The standard InChI is InChI=1S/C28H32N4O5/c1-17(2)28(35)32-14-20(13-26(33)31-36)25(15-32)30-27(34)19-8-10-22(11-9-19)37-16-21-12-18(3)29-24-7-5-4-6-23(21)24/h4-12,17,20,25,36H,13-16H2,1-3H3,(H,30,34)(H,31,33)/t20-,25+/m0/s1. The number of aromatic nitrogens is 1. The molecule has 9 heteroatoms. The fourth-order valence-electron chi connectivity index (χ4n) is 4.70. The fourth-order valence-corrected chi connectivity index (χ4v) is 4.70. The van der Waals surface area contributed by atoms with E-state index in [1.54, 1.807) is 34.6 Å². The Kier molecular flexibility index (Phi) is 8.03. The molecule has 1 fully saturated rings. The van der Waals surface area contributed by atoms with Gasteiger partial charge in [0.25, 0.3) is 5.91 Å². The van der Waals surface area contributed by atoms with Gasteiger partial charge in [-0.2, -0.15) is 0 Å². The van der Waals surface area contributed by atoms with E-state index in [9.17, 15) is 14.4 Å². The van der Waals surface area contributed by atoms with Crippen LogP contribution in [0.1, 0.15) is 41.9 Å². The van der Waals surface area contributed by atoms with Crippen molar-refractivity contribution in [2.45, 2.75) is 39.8 Å². The third kappa shape index (κ3) is 6.24. The van der Waals surface area contributed by atoms with Crippen molar-refractivity contribution in [3.05, 3.63) is 71.4 Å². The largest absolute Gasteiger partial charge is 0.489 e. The molecule has 9 nitrogen and oxygen atoms in total. The van der Waals surface area contributed by atoms with Crippen LogP contribution in [0.2, 0.25) is 0 Å². The van der Waals surface area contributed by atoms with E-state index in [2.05, 4.69) is 10.3 Å². The number of nitrogens with zero attached hydrogens (tertiary/aromatic N) is 2. The molecule has 2 heterocycles. The average Bonchev–Trinajstić information content (AvgIpc) is 3.28. The summed E-state index contributed by atoms with van der Waals surface area (Å²) in [4.78, 5) is 43.5. The highest BCUT2D eigenvalue weighted by Gasteiger charge is 2.37. The Labute approximate surface area is 215 Å². The molecular formula is C28H32N4O5. The number of nitrogens with one attached hydrogen (secondary N) is 2. The molecule has 2 aromatic carbocycles. The molecule has 0 saturated carbocycles. The summed E-state index contributed by atoms with van der Waals surface area (Å²) in [7, 11) is 0. The second kappa shape index (κ2) is 11.4. The number of pyridine rings is 1. The summed E-state index contributed by atoms with van der Waals surface area (Å²) in [5.74, 6) is -0.766. The molecule has 3 N–H and O–H groups in total. The predicted octanol–water partition coefficient (Wildman–Crippen LogP) is 3.23. The monoisotopic (exact) mass is 504 g/mol. The number of hydrogen-bond acceptors (Lipinski definition) is 6. The van der Waals surface area contributed by atoms with Crippen molar-refractivity contribution in [3.63, 3.8) is 0 Å². The number of carbonyl (C=O) groups excluding carboxylic acids is 3. The number of likely N-dealkylation sites (tertiary alicyclic amines) is 1. The first-order valence-corrected chi connectivity index (χ1v) is 12.4. The van der Waals surface area contributed by atoms with Crippen LogP contribution in [-0.2, 0) is 16.2 Å². The quantitative estimate of drug-likeness (QED) is 0.320. The lowest BCUT2D eigenvalue weighted by Gasteiger charge is -2.19. The van der Waals surface area contributed by atoms with Gasteiger partial charge in [0.15, 0.2) is 0 Å². The molecule has 1 aliphatic heterocycles. The van der Waals surface area contributed by atoms with Gasteiger partial charge in [0.2, 0.25) is 11.8 Å². The number of amides is 3. The van der Waals surface area contributed by atoms with Crippen molar-refractivity contribution >= 4 is 28.6 Å². The van der Waals surface area contributed by atoms with Crippen LogP contribution in [0, 0.1) is 18.8 Å². The number of carbonyl (C=O) groups is 3. The van der Waals surface area contributed by atoms with Crippen LogP contribution in [0.3, 0.4) is 0 Å². The minimum absolute atomic E-state index is 0.000732. The maximum absolute atomic E-state index is 13.0. The minimum Gasteiger partial charge on any atom is -0.489 e. The summed E-state index contributed by atoms with van der Waals surface area (Å²) in [5, 5.41) is 12.9. The van der Waals surface area contributed by atoms with Crippen LogP contribution in [-0.4, -0.2) is 51.9 Å². The van der Waals surface area contributed by atoms with E-state index in [-0.39, 0.29) is 30.1 Å². The predicted molar refractivity (Wildman–Crippen MR) is 138 cm³/mol. The SMILES string of the molecule is Cc1cc(COc2ccc(C(=O)N[C@@H]3CN(C(=O)C(C)C)C[C@@H]3CC(=O)NO)cc2)c2ccccc2n1. The lowest BCUT2D eigenvalue weighted by Crippen LogP contribution is -2.42. The molecule has 1 aromatic heterocycles. The summed E-state index contributed by atoms with van der Waals surface area (Å²) in [6, 6.07) is 16.4. The lowest BCUT2D eigenvalue weighted by atomic mass is 9.99. The van der Waals surface area contributed by atoms with E-state index in [0.29, 0.717) is 31.0 Å². The van der Waals surface area contributed by atoms with Crippen molar-refractivity contribution in [1.82, 2.24) is 20.7 Å². The van der Waals surface area contributed by atoms with Crippen LogP contribution < -0.4 is 15.5 Å². The molecule has 0 unspecified atom stereocenters. The first-order valence-electron chi connectivity index (χ1n) is 12.4. The molecule has 3 amide bonds. The van der Waals surface area contributed by atoms with Crippen molar-refractivity contribution in [2.24, 2.45) is 11.8 Å². The van der Waals surface area contributed by atoms with Crippen LogP contribution in [0.15, 0.2) is 54.6 Å². The van der Waals surface area contributed by atoms with Gasteiger partial charge in [-0.15, -0.1) is 0 Å². The highest BCUT2D eigenvalue weighted by molar-refractivity contribution is 5.94. The third-order valence-corrected chi connectivity index (χ3v) is 6.58. The second-order valence-corrected chi connectivity index (χ2v) is 9.73. The number of ether oxygens (including phenoxy) is 1. The molecule has 2 atom stereocenters. The van der Waals surface area contributed by atoms with E-state index in [0.717, 1.165) is 22.2 Å². The molecule has 37 heavy (non-hydrogen) atoms. The Bertz CT molecular complexity index is 1290. The Morgan fingerprint density at radius 3 is 2.54 bits per heavy atom. The van der Waals surface area contributed by atoms with Crippen LogP contribution >= 0.6 is 0 Å². The molecular weight excluding hydrogens is 472 g/mol. The Balaban J connectivity index is 1.40. The van der Waals surface area contributed by atoms with E-state index >= 15 is 0 Å². The molecule has 1 aliphatic rings. The first kappa shape index (κ1) is 26.1. The highest BCUT2D eigenvalue weighted by atomic mass is 16.5. The zero-order valence-corrected chi connectivity index (χ0v) is 21.2. The van der Waals surface area contributed by atoms with E-state index in [1.165, 1.54) is 0 Å². The average molecular weight is 505 g/mol. The van der Waals surface area contributed by atoms with Gasteiger partial charge < -0.3 is 15.0 Å². The molecule has 3 aromatic rings. The number of hydroxylamine groups is 1. The smallest absolute Gasteiger partial charge is 0.251 e. The zero-order valence-electron chi connectivity index (χ0n) is 21.2. The van der Waals surface area contributed by atoms with Gasteiger partial charge in [-0.05, 0) is 43.3 Å². The van der Waals surface area contributed by atoms with Gasteiger partial charge in [0.1, 0.15) is 12.4 Å². The maximum atomic E-state index is 13.0. The maximum Gasteiger partial charge on any atom is 0.251 e. The normalized spacial score (nSPS) is 17.2. The van der Waals surface area contributed by atoms with Crippen LogP contribution in [0.5, 0.6) is 5.75 Å². The minimum atomic E-state index is -0.554. The van der Waals surface area contributed by atoms with Gasteiger partial charge in [-0.1, -0.05) is 32.0 Å². The Morgan fingerprint density at radius 2 is 1.84 bits per heavy atom. The number of benzene rings is 2. The Hall–Kier alpha value is -3.98. The molecule has 0 spiro atoms. The molecule has 0 aliphatic carbocycles. The molecule has 1 saturated heterocycles. The lowest BCUT2D eigenvalue weighted by molar-refractivity contribution is -0.134. The van der Waals surface area contributed by atoms with E-state index in [1.807, 2.05) is 51.1 Å². The van der Waals surface area contributed by atoms with Gasteiger partial charge >= 0.3 is 0 Å². The van der Waals surface area contributed by atoms with Gasteiger partial charge in [-0.3, -0.25) is 24.6 Å². The summed E-state index contributed by atoms with van der Waals surface area (Å²) in [5.41, 5.74) is 4.94. The second-order valence-electron chi connectivity index (χ2n) is 9.73. The molecule has 0 radical (unpaired) electrons. The fraction of sp³-hybridized carbons (Fsp3) is 0.357. The number of fused-ring (bicyclic) bond motifs is 1. The number of para-hydroxylation sites is 1. The summed E-state index contributed by atoms with van der Waals surface area (Å²) in [6.45, 7) is 6.59. The van der Waals surface area contributed by atoms with Gasteiger partial charge in [-0.25, -0.2) is 5.48 Å². The summed E-state index contributed by atoms with van der Waals surface area (Å²) < 4.78 is 5.99. The van der Waals surface area contributed by atoms with Crippen LogP contribution in [0.25, 0.3) is 10.9 Å². The van der Waals surface area contributed by atoms with Crippen molar-refractivity contribution in [2.75, 3.05) is 13.1 Å². The Morgan fingerprint density at radius 1 is 1.11 bits per heavy atom. The van der Waals surface area contributed by atoms with Crippen molar-refractivity contribution < 1.29 is 24.3 Å². The topological polar surface area (TPSA) is 121 Å². The number of rotatable bonds is 8. The van der Waals surface area contributed by atoms with Crippen LogP contribution in [0.4, 0.5) is 0 Å². The molecule has 0 bridgehead atoms.